The second kappa shape index (κ2) is 7.01. The maximum Gasteiger partial charge on any atom is 0.0835 e. The summed E-state index contributed by atoms with van der Waals surface area (Å²) >= 11 is 22.8. The van der Waals surface area contributed by atoms with Crippen LogP contribution in [0.5, 0.6) is 0 Å². The number of hydrogen-bond acceptors (Lipinski definition) is 1. The van der Waals surface area contributed by atoms with Gasteiger partial charge in [0.05, 0.1) is 15.7 Å². The molecule has 6 heteroatoms. The summed E-state index contributed by atoms with van der Waals surface area (Å²) < 4.78 is 2.85. The van der Waals surface area contributed by atoms with Crippen LogP contribution in [-0.4, -0.2) is 0 Å². The Hall–Kier alpha value is 0.260. The molecular formula is C14H10Br3Cl2N. The van der Waals surface area contributed by atoms with E-state index in [2.05, 4.69) is 66.1 Å². The number of benzene rings is 2. The van der Waals surface area contributed by atoms with Gasteiger partial charge >= 0.3 is 0 Å². The molecule has 20 heavy (non-hydrogen) atoms. The minimum absolute atomic E-state index is 0.0900. The summed E-state index contributed by atoms with van der Waals surface area (Å²) in [7, 11) is 0. The highest BCUT2D eigenvalue weighted by molar-refractivity contribution is 9.11. The first-order chi connectivity index (χ1) is 9.40. The van der Waals surface area contributed by atoms with Crippen molar-refractivity contribution in [3.63, 3.8) is 0 Å². The Morgan fingerprint density at radius 3 is 2.30 bits per heavy atom. The van der Waals surface area contributed by atoms with Crippen LogP contribution in [0.15, 0.2) is 43.7 Å². The SMILES string of the molecule is CC(Nc1ccc(Br)c(Cl)c1Cl)c1ccc(Br)cc1Br. The molecule has 0 fully saturated rings. The van der Waals surface area contributed by atoms with Gasteiger partial charge in [-0.2, -0.15) is 0 Å². The van der Waals surface area contributed by atoms with Gasteiger partial charge in [0.2, 0.25) is 0 Å². The number of halogens is 5. The predicted octanol–water partition coefficient (Wildman–Crippen LogP) is 7.45. The lowest BCUT2D eigenvalue weighted by molar-refractivity contribution is 0.878. The van der Waals surface area contributed by atoms with Crippen molar-refractivity contribution in [1.82, 2.24) is 0 Å². The third kappa shape index (κ3) is 3.72. The van der Waals surface area contributed by atoms with Crippen molar-refractivity contribution in [2.45, 2.75) is 13.0 Å². The third-order valence-electron chi connectivity index (χ3n) is 2.84. The van der Waals surface area contributed by atoms with Gasteiger partial charge in [-0.05, 0) is 52.7 Å². The molecule has 0 spiro atoms. The van der Waals surface area contributed by atoms with E-state index in [-0.39, 0.29) is 6.04 Å². The molecule has 0 aliphatic heterocycles. The fraction of sp³-hybridized carbons (Fsp3) is 0.143. The lowest BCUT2D eigenvalue weighted by atomic mass is 10.1. The molecule has 0 aliphatic rings. The van der Waals surface area contributed by atoms with Crippen LogP contribution >= 0.6 is 71.0 Å². The molecular weight excluding hydrogens is 493 g/mol. The van der Waals surface area contributed by atoms with E-state index < -0.39 is 0 Å². The van der Waals surface area contributed by atoms with Crippen molar-refractivity contribution in [3.05, 3.63) is 59.4 Å². The van der Waals surface area contributed by atoms with Crippen LogP contribution in [-0.2, 0) is 0 Å². The van der Waals surface area contributed by atoms with Gasteiger partial charge in [0.1, 0.15) is 0 Å². The smallest absolute Gasteiger partial charge is 0.0835 e. The zero-order valence-corrected chi connectivity index (χ0v) is 16.6. The normalized spacial score (nSPS) is 12.3. The van der Waals surface area contributed by atoms with Gasteiger partial charge in [-0.3, -0.25) is 0 Å². The highest BCUT2D eigenvalue weighted by Gasteiger charge is 2.13. The van der Waals surface area contributed by atoms with E-state index in [1.807, 2.05) is 24.3 Å². The molecule has 0 aliphatic carbocycles. The van der Waals surface area contributed by atoms with Crippen LogP contribution in [0.1, 0.15) is 18.5 Å². The summed E-state index contributed by atoms with van der Waals surface area (Å²) in [5.74, 6) is 0. The highest BCUT2D eigenvalue weighted by atomic mass is 79.9. The van der Waals surface area contributed by atoms with Crippen molar-refractivity contribution < 1.29 is 0 Å². The molecule has 1 N–H and O–H groups in total. The quantitative estimate of drug-likeness (QED) is 0.430. The lowest BCUT2D eigenvalue weighted by Crippen LogP contribution is -2.07. The highest BCUT2D eigenvalue weighted by Crippen LogP contribution is 2.38. The van der Waals surface area contributed by atoms with E-state index in [0.29, 0.717) is 10.0 Å². The van der Waals surface area contributed by atoms with E-state index in [1.165, 1.54) is 0 Å². The predicted molar refractivity (Wildman–Crippen MR) is 98.0 cm³/mol. The molecule has 0 saturated carbocycles. The van der Waals surface area contributed by atoms with Crippen LogP contribution in [0.3, 0.4) is 0 Å². The van der Waals surface area contributed by atoms with Gasteiger partial charge < -0.3 is 5.32 Å². The van der Waals surface area contributed by atoms with E-state index in [1.54, 1.807) is 0 Å². The molecule has 106 valence electrons. The van der Waals surface area contributed by atoms with Crippen molar-refractivity contribution >= 4 is 76.7 Å². The zero-order valence-electron chi connectivity index (χ0n) is 10.4. The molecule has 0 heterocycles. The number of anilines is 1. The molecule has 2 aromatic rings. The Bertz CT molecular complexity index is 647. The minimum Gasteiger partial charge on any atom is -0.377 e. The number of nitrogens with one attached hydrogen (secondary N) is 1. The van der Waals surface area contributed by atoms with Crippen LogP contribution < -0.4 is 5.32 Å². The van der Waals surface area contributed by atoms with Crippen molar-refractivity contribution in [3.8, 4) is 0 Å². The standard InChI is InChI=1S/C14H10Br3Cl2N/c1-7(9-3-2-8(15)6-11(9)17)20-12-5-4-10(16)13(18)14(12)19/h2-7,20H,1H3. The molecule has 1 unspecified atom stereocenters. The molecule has 1 atom stereocenters. The van der Waals surface area contributed by atoms with Crippen molar-refractivity contribution in [2.75, 3.05) is 5.32 Å². The first kappa shape index (κ1) is 16.6. The third-order valence-corrected chi connectivity index (χ3v) is 5.79. The number of rotatable bonds is 3. The van der Waals surface area contributed by atoms with Crippen LogP contribution in [0, 0.1) is 0 Å². The Labute approximate surface area is 153 Å². The summed E-state index contributed by atoms with van der Waals surface area (Å²) in [5.41, 5.74) is 1.95. The van der Waals surface area contributed by atoms with Crippen LogP contribution in [0.4, 0.5) is 5.69 Å². The fourth-order valence-corrected chi connectivity index (χ4v) is 4.02. The maximum atomic E-state index is 6.25. The average Bonchev–Trinajstić information content (AvgIpc) is 2.39. The summed E-state index contributed by atoms with van der Waals surface area (Å²) in [5, 5.41) is 4.40. The van der Waals surface area contributed by atoms with Gasteiger partial charge in [0.25, 0.3) is 0 Å². The molecule has 0 radical (unpaired) electrons. The monoisotopic (exact) mass is 499 g/mol. The molecule has 0 bridgehead atoms. The van der Waals surface area contributed by atoms with Crippen LogP contribution in [0.25, 0.3) is 0 Å². The van der Waals surface area contributed by atoms with Gasteiger partial charge in [0.15, 0.2) is 0 Å². The fourth-order valence-electron chi connectivity index (χ4n) is 1.80. The summed E-state index contributed by atoms with van der Waals surface area (Å²) in [6.07, 6.45) is 0. The maximum absolute atomic E-state index is 6.25. The molecule has 0 aromatic heterocycles. The Balaban J connectivity index is 2.28. The minimum atomic E-state index is 0.0900. The topological polar surface area (TPSA) is 12.0 Å². The first-order valence-electron chi connectivity index (χ1n) is 5.75. The second-order valence-electron chi connectivity index (χ2n) is 4.25. The largest absolute Gasteiger partial charge is 0.377 e. The Morgan fingerprint density at radius 2 is 1.65 bits per heavy atom. The lowest BCUT2D eigenvalue weighted by Gasteiger charge is -2.19. The molecule has 0 amide bonds. The summed E-state index contributed by atoms with van der Waals surface area (Å²) in [6, 6.07) is 9.95. The Morgan fingerprint density at radius 1 is 0.950 bits per heavy atom. The molecule has 2 rings (SSSR count). The zero-order chi connectivity index (χ0) is 14.9. The summed E-state index contributed by atoms with van der Waals surface area (Å²) in [4.78, 5) is 0. The Kier molecular flexibility index (Phi) is 5.83. The van der Waals surface area contributed by atoms with Crippen LogP contribution in [0.2, 0.25) is 10.0 Å². The average molecular weight is 503 g/mol. The van der Waals surface area contributed by atoms with Gasteiger partial charge in [-0.1, -0.05) is 61.1 Å². The van der Waals surface area contributed by atoms with Gasteiger partial charge in [0, 0.05) is 19.5 Å². The van der Waals surface area contributed by atoms with E-state index in [9.17, 15) is 0 Å². The van der Waals surface area contributed by atoms with Crippen molar-refractivity contribution in [1.29, 1.82) is 0 Å². The summed E-state index contributed by atoms with van der Waals surface area (Å²) in [6.45, 7) is 2.07. The van der Waals surface area contributed by atoms with Crippen molar-refractivity contribution in [2.24, 2.45) is 0 Å². The van der Waals surface area contributed by atoms with Gasteiger partial charge in [-0.25, -0.2) is 0 Å². The molecule has 0 saturated heterocycles. The second-order valence-corrected chi connectivity index (χ2v) is 7.64. The van der Waals surface area contributed by atoms with E-state index in [0.717, 1.165) is 24.7 Å². The number of hydrogen-bond donors (Lipinski definition) is 1. The molecule has 2 aromatic carbocycles. The molecule has 1 nitrogen and oxygen atoms in total. The van der Waals surface area contributed by atoms with Gasteiger partial charge in [-0.15, -0.1) is 0 Å². The first-order valence-corrected chi connectivity index (χ1v) is 8.88. The van der Waals surface area contributed by atoms with E-state index >= 15 is 0 Å². The van der Waals surface area contributed by atoms with E-state index in [4.69, 9.17) is 23.2 Å².